The first-order valence-electron chi connectivity index (χ1n) is 10.4. The molecule has 156 valence electrons. The molecule has 0 aliphatic carbocycles. The molecule has 6 heteroatoms. The predicted molar refractivity (Wildman–Crippen MR) is 113 cm³/mol. The summed E-state index contributed by atoms with van der Waals surface area (Å²) in [6, 6.07) is 15.9. The lowest BCUT2D eigenvalue weighted by molar-refractivity contribution is -0.139. The Labute approximate surface area is 176 Å². The minimum Gasteiger partial charge on any atom is -0.376 e. The molecular weight excluding hydrogens is 380 g/mol. The summed E-state index contributed by atoms with van der Waals surface area (Å²) in [6.07, 6.45) is 1.89. The van der Waals surface area contributed by atoms with Gasteiger partial charge in [0.1, 0.15) is 6.04 Å². The monoisotopic (exact) mass is 406 g/mol. The third-order valence-corrected chi connectivity index (χ3v) is 5.73. The van der Waals surface area contributed by atoms with Gasteiger partial charge in [-0.3, -0.25) is 14.4 Å². The molecule has 6 nitrogen and oxygen atoms in total. The van der Waals surface area contributed by atoms with Gasteiger partial charge in [0.15, 0.2) is 0 Å². The van der Waals surface area contributed by atoms with E-state index in [0.29, 0.717) is 18.8 Å². The van der Waals surface area contributed by atoms with Crippen molar-refractivity contribution in [3.05, 3.63) is 65.7 Å². The molecule has 3 amide bonds. The lowest BCUT2D eigenvalue weighted by atomic mass is 10.1. The topological polar surface area (TPSA) is 66.9 Å². The Morgan fingerprint density at radius 1 is 1.10 bits per heavy atom. The van der Waals surface area contributed by atoms with Gasteiger partial charge in [0.25, 0.3) is 5.91 Å². The van der Waals surface area contributed by atoms with Gasteiger partial charge in [-0.25, -0.2) is 4.90 Å². The Morgan fingerprint density at radius 2 is 1.83 bits per heavy atom. The van der Waals surface area contributed by atoms with Crippen LogP contribution in [0.15, 0.2) is 54.6 Å². The zero-order chi connectivity index (χ0) is 21.1. The van der Waals surface area contributed by atoms with E-state index in [2.05, 4.69) is 0 Å². The van der Waals surface area contributed by atoms with Crippen molar-refractivity contribution in [2.45, 2.75) is 44.8 Å². The molecule has 0 N–H and O–H groups in total. The smallest absolute Gasteiger partial charge is 0.257 e. The van der Waals surface area contributed by atoms with E-state index in [1.807, 2.05) is 49.4 Å². The molecule has 0 aromatic heterocycles. The van der Waals surface area contributed by atoms with Crippen molar-refractivity contribution in [3.63, 3.8) is 0 Å². The van der Waals surface area contributed by atoms with Gasteiger partial charge in [0.05, 0.1) is 24.6 Å². The molecule has 2 aromatic rings. The van der Waals surface area contributed by atoms with Crippen LogP contribution < -0.4 is 4.90 Å². The second-order valence-electron chi connectivity index (χ2n) is 7.97. The summed E-state index contributed by atoms with van der Waals surface area (Å²) in [5, 5.41) is 0. The summed E-state index contributed by atoms with van der Waals surface area (Å²) in [4.78, 5) is 42.0. The van der Waals surface area contributed by atoms with Crippen molar-refractivity contribution >= 4 is 23.4 Å². The standard InChI is InChI=1S/C24H26N2O4/c1-17-9-11-19(12-10-17)26-23(28)15-21(24(26)29)25(16-20-8-5-13-30-20)22(27)14-18-6-3-2-4-7-18/h2-4,6-7,9-12,20-21H,5,8,13-16H2,1H3. The summed E-state index contributed by atoms with van der Waals surface area (Å²) in [5.74, 6) is -0.782. The second-order valence-corrected chi connectivity index (χ2v) is 7.97. The third kappa shape index (κ3) is 4.28. The maximum Gasteiger partial charge on any atom is 0.257 e. The third-order valence-electron chi connectivity index (χ3n) is 5.73. The summed E-state index contributed by atoms with van der Waals surface area (Å²) >= 11 is 0. The van der Waals surface area contributed by atoms with Gasteiger partial charge in [-0.05, 0) is 37.5 Å². The normalized spacial score (nSPS) is 21.3. The number of hydrogen-bond acceptors (Lipinski definition) is 4. The fourth-order valence-corrected chi connectivity index (χ4v) is 4.11. The van der Waals surface area contributed by atoms with Crippen LogP contribution in [-0.4, -0.2) is 47.9 Å². The van der Waals surface area contributed by atoms with E-state index >= 15 is 0 Å². The number of hydrogen-bond donors (Lipinski definition) is 0. The highest BCUT2D eigenvalue weighted by atomic mass is 16.5. The number of rotatable bonds is 6. The van der Waals surface area contributed by atoms with Crippen molar-refractivity contribution in [1.82, 2.24) is 4.90 Å². The largest absolute Gasteiger partial charge is 0.376 e. The number of imide groups is 1. The van der Waals surface area contributed by atoms with Crippen molar-refractivity contribution in [1.29, 1.82) is 0 Å². The molecule has 30 heavy (non-hydrogen) atoms. The summed E-state index contributed by atoms with van der Waals surface area (Å²) < 4.78 is 5.73. The molecular formula is C24H26N2O4. The molecule has 2 aromatic carbocycles. The van der Waals surface area contributed by atoms with Crippen LogP contribution in [0, 0.1) is 6.92 Å². The highest BCUT2D eigenvalue weighted by Crippen LogP contribution is 2.27. The molecule has 2 heterocycles. The lowest BCUT2D eigenvalue weighted by Crippen LogP contribution is -2.49. The summed E-state index contributed by atoms with van der Waals surface area (Å²) in [5.41, 5.74) is 2.48. The Bertz CT molecular complexity index is 920. The first-order chi connectivity index (χ1) is 14.5. The fraction of sp³-hybridized carbons (Fsp3) is 0.375. The highest BCUT2D eigenvalue weighted by molar-refractivity contribution is 6.23. The average Bonchev–Trinajstić information content (AvgIpc) is 3.35. The van der Waals surface area contributed by atoms with Crippen LogP contribution in [0.5, 0.6) is 0 Å². The zero-order valence-electron chi connectivity index (χ0n) is 17.1. The second kappa shape index (κ2) is 8.79. The van der Waals surface area contributed by atoms with Gasteiger partial charge in [-0.1, -0.05) is 48.0 Å². The predicted octanol–water partition coefficient (Wildman–Crippen LogP) is 2.88. The van der Waals surface area contributed by atoms with Gasteiger partial charge in [0, 0.05) is 13.2 Å². The van der Waals surface area contributed by atoms with Crippen LogP contribution in [-0.2, 0) is 25.5 Å². The van der Waals surface area contributed by atoms with E-state index in [1.54, 1.807) is 17.0 Å². The molecule has 0 saturated carbocycles. The molecule has 0 spiro atoms. The number of carbonyl (C=O) groups excluding carboxylic acids is 3. The quantitative estimate of drug-likeness (QED) is 0.692. The number of ether oxygens (including phenoxy) is 1. The van der Waals surface area contributed by atoms with E-state index in [1.165, 1.54) is 4.90 Å². The summed E-state index contributed by atoms with van der Waals surface area (Å²) in [6.45, 7) is 2.95. The maximum absolute atomic E-state index is 13.2. The molecule has 2 fully saturated rings. The molecule has 2 aliphatic rings. The van der Waals surface area contributed by atoms with Gasteiger partial charge >= 0.3 is 0 Å². The minimum absolute atomic E-state index is 0.0000402. The van der Waals surface area contributed by atoms with Gasteiger partial charge in [0.2, 0.25) is 11.8 Å². The Morgan fingerprint density at radius 3 is 2.50 bits per heavy atom. The molecule has 2 unspecified atom stereocenters. The fourth-order valence-electron chi connectivity index (χ4n) is 4.11. The lowest BCUT2D eigenvalue weighted by Gasteiger charge is -2.30. The highest BCUT2D eigenvalue weighted by Gasteiger charge is 2.45. The van der Waals surface area contributed by atoms with Crippen molar-refractivity contribution < 1.29 is 19.1 Å². The molecule has 0 radical (unpaired) electrons. The van der Waals surface area contributed by atoms with E-state index in [0.717, 1.165) is 24.0 Å². The molecule has 2 saturated heterocycles. The molecule has 4 rings (SSSR count). The van der Waals surface area contributed by atoms with E-state index in [4.69, 9.17) is 4.74 Å². The van der Waals surface area contributed by atoms with E-state index in [-0.39, 0.29) is 36.7 Å². The number of carbonyl (C=O) groups is 3. The van der Waals surface area contributed by atoms with Crippen molar-refractivity contribution in [2.75, 3.05) is 18.1 Å². The van der Waals surface area contributed by atoms with E-state index in [9.17, 15) is 14.4 Å². The molecule has 0 bridgehead atoms. The van der Waals surface area contributed by atoms with Crippen LogP contribution in [0.4, 0.5) is 5.69 Å². The van der Waals surface area contributed by atoms with Crippen LogP contribution in [0.25, 0.3) is 0 Å². The number of aryl methyl sites for hydroxylation is 1. The Balaban J connectivity index is 1.57. The number of benzene rings is 2. The number of nitrogens with zero attached hydrogens (tertiary/aromatic N) is 2. The number of amides is 3. The Hall–Kier alpha value is -2.99. The van der Waals surface area contributed by atoms with E-state index < -0.39 is 6.04 Å². The zero-order valence-corrected chi connectivity index (χ0v) is 17.1. The van der Waals surface area contributed by atoms with Crippen molar-refractivity contribution in [3.8, 4) is 0 Å². The Kier molecular flexibility index (Phi) is 5.95. The first kappa shape index (κ1) is 20.3. The average molecular weight is 406 g/mol. The molecule has 2 atom stereocenters. The number of anilines is 1. The van der Waals surface area contributed by atoms with Crippen molar-refractivity contribution in [2.24, 2.45) is 0 Å². The molecule has 2 aliphatic heterocycles. The minimum atomic E-state index is -0.792. The maximum atomic E-state index is 13.2. The summed E-state index contributed by atoms with van der Waals surface area (Å²) in [7, 11) is 0. The van der Waals surface area contributed by atoms with Crippen LogP contribution >= 0.6 is 0 Å². The first-order valence-corrected chi connectivity index (χ1v) is 10.4. The SMILES string of the molecule is Cc1ccc(N2C(=O)CC(N(CC3CCCO3)C(=O)Cc3ccccc3)C2=O)cc1. The van der Waals surface area contributed by atoms with Gasteiger partial charge < -0.3 is 9.64 Å². The van der Waals surface area contributed by atoms with Gasteiger partial charge in [-0.15, -0.1) is 0 Å². The van der Waals surface area contributed by atoms with Crippen LogP contribution in [0.3, 0.4) is 0 Å². The van der Waals surface area contributed by atoms with Gasteiger partial charge in [-0.2, -0.15) is 0 Å². The van der Waals surface area contributed by atoms with Crippen LogP contribution in [0.1, 0.15) is 30.4 Å². The van der Waals surface area contributed by atoms with Crippen LogP contribution in [0.2, 0.25) is 0 Å².